The Labute approximate surface area is 115 Å². The van der Waals surface area contributed by atoms with Gasteiger partial charge in [-0.1, -0.05) is 25.9 Å². The minimum absolute atomic E-state index is 0.452. The summed E-state index contributed by atoms with van der Waals surface area (Å²) in [6.45, 7) is 7.61. The van der Waals surface area contributed by atoms with Crippen LogP contribution in [0.3, 0.4) is 0 Å². The fourth-order valence-electron chi connectivity index (χ4n) is 1.90. The Hall–Kier alpha value is 0.274. The second kappa shape index (κ2) is 10.1. The third-order valence-corrected chi connectivity index (χ3v) is 9.41. The maximum Gasteiger partial charge on any atom is 0.500 e. The largest absolute Gasteiger partial charge is 0.500 e. The van der Waals surface area contributed by atoms with Crippen LogP contribution in [0.15, 0.2) is 0 Å². The minimum atomic E-state index is -2.36. The van der Waals surface area contributed by atoms with Gasteiger partial charge in [-0.2, -0.15) is 0 Å². The highest BCUT2D eigenvalue weighted by molar-refractivity contribution is 6.61. The summed E-state index contributed by atoms with van der Waals surface area (Å²) in [7, 11) is 1.84. The molecule has 4 nitrogen and oxygen atoms in total. The van der Waals surface area contributed by atoms with Crippen molar-refractivity contribution in [1.29, 1.82) is 0 Å². The maximum atomic E-state index is 5.79. The summed E-state index contributed by atoms with van der Waals surface area (Å²) >= 11 is 0. The van der Waals surface area contributed by atoms with Crippen LogP contribution in [-0.2, 0) is 18.0 Å². The lowest BCUT2D eigenvalue weighted by atomic mass is 10.5. The van der Waals surface area contributed by atoms with Crippen LogP contribution >= 0.6 is 0 Å². The van der Waals surface area contributed by atoms with Gasteiger partial charge in [-0.25, -0.2) is 0 Å². The molecule has 0 aromatic heterocycles. The van der Waals surface area contributed by atoms with E-state index in [1.54, 1.807) is 21.3 Å². The van der Waals surface area contributed by atoms with E-state index in [1.165, 1.54) is 6.04 Å². The van der Waals surface area contributed by atoms with Gasteiger partial charge in [0.15, 0.2) is 0 Å². The lowest BCUT2D eigenvalue weighted by Crippen LogP contribution is -2.42. The van der Waals surface area contributed by atoms with Crippen LogP contribution in [0.1, 0.15) is 26.7 Å². The standard InChI is InChI=1S/C12H30O4Si2/c1-7-9-16-12(2)17(6)10-8-11-18(13-3,14-4)15-5/h12,17H,7-11H2,1-6H3. The van der Waals surface area contributed by atoms with E-state index in [9.17, 15) is 0 Å². The van der Waals surface area contributed by atoms with E-state index in [0.29, 0.717) is 5.73 Å². The van der Waals surface area contributed by atoms with Gasteiger partial charge in [-0.3, -0.25) is 0 Å². The molecule has 0 saturated carbocycles. The molecular weight excluding hydrogens is 264 g/mol. The van der Waals surface area contributed by atoms with Crippen molar-refractivity contribution < 1.29 is 18.0 Å². The van der Waals surface area contributed by atoms with Gasteiger partial charge in [0.2, 0.25) is 0 Å². The molecule has 0 rings (SSSR count). The first kappa shape index (κ1) is 18.3. The smallest absolute Gasteiger partial charge is 0.382 e. The first-order chi connectivity index (χ1) is 8.55. The summed E-state index contributed by atoms with van der Waals surface area (Å²) < 4.78 is 22.1. The molecule has 2 atom stereocenters. The highest BCUT2D eigenvalue weighted by Gasteiger charge is 2.37. The molecule has 0 aliphatic heterocycles. The highest BCUT2D eigenvalue weighted by atomic mass is 28.4. The molecule has 110 valence electrons. The molecule has 0 fully saturated rings. The number of ether oxygens (including phenoxy) is 1. The Morgan fingerprint density at radius 1 is 1.11 bits per heavy atom. The zero-order chi connectivity index (χ0) is 14.0. The summed E-state index contributed by atoms with van der Waals surface area (Å²) in [5, 5.41) is 0. The molecule has 0 bridgehead atoms. The van der Waals surface area contributed by atoms with Gasteiger partial charge in [0.05, 0.1) is 8.80 Å². The molecule has 2 unspecified atom stereocenters. The predicted octanol–water partition coefficient (Wildman–Crippen LogP) is 2.47. The fraction of sp³-hybridized carbons (Fsp3) is 1.00. The van der Waals surface area contributed by atoms with Crippen molar-refractivity contribution in [3.63, 3.8) is 0 Å². The first-order valence-electron chi connectivity index (χ1n) is 6.82. The fourth-order valence-corrected chi connectivity index (χ4v) is 5.84. The molecule has 0 radical (unpaired) electrons. The molecule has 0 aromatic carbocycles. The van der Waals surface area contributed by atoms with Gasteiger partial charge in [-0.15, -0.1) is 0 Å². The molecule has 0 aliphatic carbocycles. The third kappa shape index (κ3) is 6.44. The van der Waals surface area contributed by atoms with E-state index < -0.39 is 17.6 Å². The predicted molar refractivity (Wildman–Crippen MR) is 79.7 cm³/mol. The van der Waals surface area contributed by atoms with Crippen LogP contribution in [0.4, 0.5) is 0 Å². The normalized spacial score (nSPS) is 15.7. The van der Waals surface area contributed by atoms with Crippen LogP contribution in [0.25, 0.3) is 0 Å². The number of rotatable bonds is 11. The van der Waals surface area contributed by atoms with Crippen molar-refractivity contribution in [3.05, 3.63) is 0 Å². The van der Waals surface area contributed by atoms with E-state index in [0.717, 1.165) is 25.5 Å². The quantitative estimate of drug-likeness (QED) is 0.549. The van der Waals surface area contributed by atoms with Crippen LogP contribution in [0.2, 0.25) is 18.6 Å². The summed E-state index contributed by atoms with van der Waals surface area (Å²) in [4.78, 5) is 0. The van der Waals surface area contributed by atoms with Gasteiger partial charge in [0, 0.05) is 39.7 Å². The summed E-state index contributed by atoms with van der Waals surface area (Å²) in [6.07, 6.45) is 2.20. The van der Waals surface area contributed by atoms with E-state index in [-0.39, 0.29) is 0 Å². The molecular formula is C12H30O4Si2. The molecule has 0 spiro atoms. The summed E-state index contributed by atoms with van der Waals surface area (Å²) in [6, 6.07) is 2.14. The number of hydrogen-bond donors (Lipinski definition) is 0. The summed E-state index contributed by atoms with van der Waals surface area (Å²) in [5.74, 6) is 0. The van der Waals surface area contributed by atoms with Gasteiger partial charge in [-0.05, 0) is 13.3 Å². The van der Waals surface area contributed by atoms with Gasteiger partial charge in [0.1, 0.15) is 0 Å². The molecule has 18 heavy (non-hydrogen) atoms. The van der Waals surface area contributed by atoms with E-state index in [4.69, 9.17) is 18.0 Å². The minimum Gasteiger partial charge on any atom is -0.382 e. The zero-order valence-electron chi connectivity index (χ0n) is 12.8. The third-order valence-electron chi connectivity index (χ3n) is 3.46. The lowest BCUT2D eigenvalue weighted by Gasteiger charge is -2.25. The molecule has 0 N–H and O–H groups in total. The van der Waals surface area contributed by atoms with Crippen LogP contribution < -0.4 is 0 Å². The van der Waals surface area contributed by atoms with Crippen molar-refractivity contribution >= 4 is 17.6 Å². The Kier molecular flexibility index (Phi) is 10.3. The Bertz CT molecular complexity index is 192. The SMILES string of the molecule is CCCOC(C)[SiH](C)CCC[Si](OC)(OC)OC. The topological polar surface area (TPSA) is 36.9 Å². The van der Waals surface area contributed by atoms with Gasteiger partial charge in [0.25, 0.3) is 0 Å². The molecule has 0 saturated heterocycles. The first-order valence-corrected chi connectivity index (χ1v) is 11.4. The van der Waals surface area contributed by atoms with Crippen molar-refractivity contribution in [1.82, 2.24) is 0 Å². The molecule has 0 amide bonds. The molecule has 0 heterocycles. The van der Waals surface area contributed by atoms with Crippen molar-refractivity contribution in [3.8, 4) is 0 Å². The van der Waals surface area contributed by atoms with Crippen molar-refractivity contribution in [2.45, 2.75) is 51.1 Å². The molecule has 6 heteroatoms. The molecule has 0 aromatic rings. The summed E-state index contributed by atoms with van der Waals surface area (Å²) in [5.41, 5.74) is 0.452. The van der Waals surface area contributed by atoms with Gasteiger partial charge >= 0.3 is 8.80 Å². The van der Waals surface area contributed by atoms with Gasteiger partial charge < -0.3 is 18.0 Å². The molecule has 0 aliphatic rings. The maximum absolute atomic E-state index is 5.79. The van der Waals surface area contributed by atoms with E-state index in [1.807, 2.05) is 0 Å². The average Bonchev–Trinajstić information content (AvgIpc) is 2.41. The number of hydrogen-bond acceptors (Lipinski definition) is 4. The second-order valence-corrected chi connectivity index (χ2v) is 11.3. The Balaban J connectivity index is 3.94. The monoisotopic (exact) mass is 294 g/mol. The zero-order valence-corrected chi connectivity index (χ0v) is 15.0. The van der Waals surface area contributed by atoms with Crippen molar-refractivity contribution in [2.24, 2.45) is 0 Å². The Morgan fingerprint density at radius 3 is 2.11 bits per heavy atom. The average molecular weight is 295 g/mol. The highest BCUT2D eigenvalue weighted by Crippen LogP contribution is 2.18. The van der Waals surface area contributed by atoms with Crippen LogP contribution in [0, 0.1) is 0 Å². The Morgan fingerprint density at radius 2 is 1.67 bits per heavy atom. The van der Waals surface area contributed by atoms with E-state index >= 15 is 0 Å². The van der Waals surface area contributed by atoms with Crippen LogP contribution in [0.5, 0.6) is 0 Å². The van der Waals surface area contributed by atoms with Crippen molar-refractivity contribution in [2.75, 3.05) is 27.9 Å². The second-order valence-electron chi connectivity index (χ2n) is 4.74. The lowest BCUT2D eigenvalue weighted by molar-refractivity contribution is 0.113. The van der Waals surface area contributed by atoms with E-state index in [2.05, 4.69) is 20.4 Å². The van der Waals surface area contributed by atoms with Crippen LogP contribution in [-0.4, -0.2) is 51.3 Å².